The zero-order valence-corrected chi connectivity index (χ0v) is 13.5. The fourth-order valence-corrected chi connectivity index (χ4v) is 4.51. The molecule has 2 aliphatic rings. The molecule has 3 amide bonds. The zero-order chi connectivity index (χ0) is 16.0. The van der Waals surface area contributed by atoms with Gasteiger partial charge in [0.2, 0.25) is 0 Å². The van der Waals surface area contributed by atoms with Gasteiger partial charge in [0, 0.05) is 5.75 Å². The third kappa shape index (κ3) is 2.23. The van der Waals surface area contributed by atoms with Crippen LogP contribution in [0.3, 0.4) is 0 Å². The Morgan fingerprint density at radius 2 is 1.70 bits per heavy atom. The van der Waals surface area contributed by atoms with Gasteiger partial charge in [-0.2, -0.15) is 0 Å². The van der Waals surface area contributed by atoms with E-state index in [0.29, 0.717) is 11.4 Å². The average Bonchev–Trinajstić information content (AvgIpc) is 3.11. The highest BCUT2D eigenvalue weighted by Crippen LogP contribution is 2.45. The molecular formula is C18H16N2O2S. The van der Waals surface area contributed by atoms with Gasteiger partial charge >= 0.3 is 6.03 Å². The standard InChI is InChI=1S/C18H16N2O2S/c1-12-7-9-14(10-8-12)19-16(21)15-11-23-17(20(15)18(19)22)13-5-3-2-4-6-13/h2-10,15,17H,11H2,1H3/t15-,17?/m0/s1. The Bertz CT molecular complexity index is 760. The van der Waals surface area contributed by atoms with Crippen molar-refractivity contribution in [3.8, 4) is 0 Å². The maximum Gasteiger partial charge on any atom is 0.333 e. The van der Waals surface area contributed by atoms with Crippen molar-refractivity contribution >= 4 is 29.4 Å². The second-order valence-corrected chi connectivity index (χ2v) is 6.92. The van der Waals surface area contributed by atoms with Gasteiger partial charge in [0.05, 0.1) is 5.69 Å². The molecule has 0 aromatic heterocycles. The van der Waals surface area contributed by atoms with Crippen molar-refractivity contribution in [3.63, 3.8) is 0 Å². The molecule has 4 rings (SSSR count). The summed E-state index contributed by atoms with van der Waals surface area (Å²) in [7, 11) is 0. The van der Waals surface area contributed by atoms with Crippen LogP contribution in [0.4, 0.5) is 10.5 Å². The number of urea groups is 1. The summed E-state index contributed by atoms with van der Waals surface area (Å²) in [5.74, 6) is 0.525. The van der Waals surface area contributed by atoms with Crippen molar-refractivity contribution in [1.82, 2.24) is 4.90 Å². The lowest BCUT2D eigenvalue weighted by molar-refractivity contribution is -0.119. The molecule has 0 N–H and O–H groups in total. The summed E-state index contributed by atoms with van der Waals surface area (Å²) in [6.45, 7) is 1.98. The number of carbonyl (C=O) groups excluding carboxylic acids is 2. The molecule has 2 aromatic rings. The number of thioether (sulfide) groups is 1. The van der Waals surface area contributed by atoms with Crippen LogP contribution in [0.25, 0.3) is 0 Å². The van der Waals surface area contributed by atoms with Crippen molar-refractivity contribution in [2.24, 2.45) is 0 Å². The molecule has 2 atom stereocenters. The predicted molar refractivity (Wildman–Crippen MR) is 91.3 cm³/mol. The summed E-state index contributed by atoms with van der Waals surface area (Å²) in [6, 6.07) is 16.8. The van der Waals surface area contributed by atoms with Crippen LogP contribution in [0.1, 0.15) is 16.5 Å². The highest BCUT2D eigenvalue weighted by Gasteiger charge is 2.53. The summed E-state index contributed by atoms with van der Waals surface area (Å²) in [4.78, 5) is 28.6. The minimum Gasteiger partial charge on any atom is -0.295 e. The van der Waals surface area contributed by atoms with Crippen molar-refractivity contribution in [2.75, 3.05) is 10.7 Å². The second kappa shape index (κ2) is 5.42. The van der Waals surface area contributed by atoms with Crippen molar-refractivity contribution in [3.05, 3.63) is 65.7 Å². The minimum absolute atomic E-state index is 0.0897. The Labute approximate surface area is 139 Å². The van der Waals surface area contributed by atoms with Crippen LogP contribution in [0.5, 0.6) is 0 Å². The third-order valence-corrected chi connectivity index (χ3v) is 5.62. The molecule has 2 heterocycles. The van der Waals surface area contributed by atoms with Crippen LogP contribution in [0.2, 0.25) is 0 Å². The van der Waals surface area contributed by atoms with E-state index in [1.54, 1.807) is 16.7 Å². The predicted octanol–water partition coefficient (Wildman–Crippen LogP) is 3.58. The molecule has 2 aliphatic heterocycles. The number of amides is 3. The molecule has 2 saturated heterocycles. The lowest BCUT2D eigenvalue weighted by Crippen LogP contribution is -2.33. The number of carbonyl (C=O) groups is 2. The molecule has 2 fully saturated rings. The SMILES string of the molecule is Cc1ccc(N2C(=O)[C@@H]3CSC(c4ccccc4)N3C2=O)cc1. The first-order valence-electron chi connectivity index (χ1n) is 7.56. The highest BCUT2D eigenvalue weighted by atomic mass is 32.2. The second-order valence-electron chi connectivity index (χ2n) is 5.81. The monoisotopic (exact) mass is 324 g/mol. The van der Waals surface area contributed by atoms with Crippen LogP contribution >= 0.6 is 11.8 Å². The number of nitrogens with zero attached hydrogens (tertiary/aromatic N) is 2. The molecule has 0 radical (unpaired) electrons. The molecule has 4 nitrogen and oxygen atoms in total. The number of fused-ring (bicyclic) bond motifs is 1. The van der Waals surface area contributed by atoms with Gasteiger partial charge in [0.15, 0.2) is 0 Å². The largest absolute Gasteiger partial charge is 0.333 e. The molecular weight excluding hydrogens is 308 g/mol. The van der Waals surface area contributed by atoms with E-state index in [4.69, 9.17) is 0 Å². The maximum atomic E-state index is 12.9. The molecule has 0 saturated carbocycles. The smallest absolute Gasteiger partial charge is 0.295 e. The number of hydrogen-bond acceptors (Lipinski definition) is 3. The molecule has 0 spiro atoms. The van der Waals surface area contributed by atoms with E-state index >= 15 is 0 Å². The van der Waals surface area contributed by atoms with Crippen LogP contribution in [-0.2, 0) is 4.79 Å². The van der Waals surface area contributed by atoms with Crippen LogP contribution in [-0.4, -0.2) is 28.6 Å². The van der Waals surface area contributed by atoms with Crippen LogP contribution in [0, 0.1) is 6.92 Å². The Morgan fingerprint density at radius 1 is 1.00 bits per heavy atom. The number of hydrogen-bond donors (Lipinski definition) is 0. The molecule has 1 unspecified atom stereocenters. The van der Waals surface area contributed by atoms with Crippen LogP contribution in [0.15, 0.2) is 54.6 Å². The summed E-state index contributed by atoms with van der Waals surface area (Å²) in [6.07, 6.45) is 0. The van der Waals surface area contributed by atoms with Gasteiger partial charge in [0.1, 0.15) is 11.4 Å². The Morgan fingerprint density at radius 3 is 2.39 bits per heavy atom. The lowest BCUT2D eigenvalue weighted by atomic mass is 10.2. The van der Waals surface area contributed by atoms with Gasteiger partial charge in [-0.3, -0.25) is 9.69 Å². The van der Waals surface area contributed by atoms with E-state index in [-0.39, 0.29) is 23.4 Å². The Kier molecular flexibility index (Phi) is 3.38. The summed E-state index contributed by atoms with van der Waals surface area (Å²) in [5, 5.41) is -0.0897. The first-order chi connectivity index (χ1) is 11.2. The van der Waals surface area contributed by atoms with E-state index in [2.05, 4.69) is 0 Å². The molecule has 116 valence electrons. The van der Waals surface area contributed by atoms with Crippen LogP contribution < -0.4 is 4.90 Å². The molecule has 23 heavy (non-hydrogen) atoms. The number of anilines is 1. The Hall–Kier alpha value is -2.27. The summed E-state index contributed by atoms with van der Waals surface area (Å²) in [5.41, 5.74) is 2.81. The number of rotatable bonds is 2. The van der Waals surface area contributed by atoms with E-state index in [9.17, 15) is 9.59 Å². The van der Waals surface area contributed by atoms with Gasteiger partial charge in [-0.05, 0) is 24.6 Å². The van der Waals surface area contributed by atoms with Crippen molar-refractivity contribution < 1.29 is 9.59 Å². The van der Waals surface area contributed by atoms with Gasteiger partial charge in [-0.25, -0.2) is 9.69 Å². The summed E-state index contributed by atoms with van der Waals surface area (Å²) < 4.78 is 0. The van der Waals surface area contributed by atoms with Crippen molar-refractivity contribution in [2.45, 2.75) is 18.3 Å². The average molecular weight is 324 g/mol. The van der Waals surface area contributed by atoms with Gasteiger partial charge < -0.3 is 0 Å². The zero-order valence-electron chi connectivity index (χ0n) is 12.7. The quantitative estimate of drug-likeness (QED) is 0.793. The normalized spacial score (nSPS) is 23.5. The topological polar surface area (TPSA) is 40.6 Å². The number of aryl methyl sites for hydroxylation is 1. The minimum atomic E-state index is -0.362. The number of benzene rings is 2. The highest BCUT2D eigenvalue weighted by molar-refractivity contribution is 7.99. The molecule has 0 bridgehead atoms. The summed E-state index contributed by atoms with van der Waals surface area (Å²) >= 11 is 1.65. The van der Waals surface area contributed by atoms with Gasteiger partial charge in [-0.1, -0.05) is 48.0 Å². The van der Waals surface area contributed by atoms with Crippen molar-refractivity contribution in [1.29, 1.82) is 0 Å². The van der Waals surface area contributed by atoms with E-state index in [1.165, 1.54) is 4.90 Å². The fourth-order valence-electron chi connectivity index (χ4n) is 3.09. The first-order valence-corrected chi connectivity index (χ1v) is 8.61. The third-order valence-electron chi connectivity index (χ3n) is 4.29. The molecule has 2 aromatic carbocycles. The Balaban J connectivity index is 1.69. The maximum absolute atomic E-state index is 12.9. The first kappa shape index (κ1) is 14.3. The van der Waals surface area contributed by atoms with E-state index < -0.39 is 0 Å². The van der Waals surface area contributed by atoms with Gasteiger partial charge in [-0.15, -0.1) is 11.8 Å². The van der Waals surface area contributed by atoms with E-state index in [1.807, 2.05) is 61.5 Å². The molecule has 5 heteroatoms. The lowest BCUT2D eigenvalue weighted by Gasteiger charge is -2.23. The van der Waals surface area contributed by atoms with Gasteiger partial charge in [0.25, 0.3) is 5.91 Å². The van der Waals surface area contributed by atoms with E-state index in [0.717, 1.165) is 11.1 Å². The molecule has 0 aliphatic carbocycles. The number of imide groups is 1. The fraction of sp³-hybridized carbons (Fsp3) is 0.222.